The number of benzene rings is 1. The van der Waals surface area contributed by atoms with Crippen molar-refractivity contribution in [1.29, 1.82) is 0 Å². The van der Waals surface area contributed by atoms with Gasteiger partial charge in [-0.2, -0.15) is 0 Å². The second-order valence-corrected chi connectivity index (χ2v) is 5.45. The summed E-state index contributed by atoms with van der Waals surface area (Å²) in [6.07, 6.45) is 4.10. The van der Waals surface area contributed by atoms with Crippen LogP contribution >= 0.6 is 0 Å². The number of rotatable bonds is 5. The number of para-hydroxylation sites is 1. The maximum atomic E-state index is 9.94. The third-order valence-electron chi connectivity index (χ3n) is 3.83. The molecule has 1 saturated heterocycles. The lowest BCUT2D eigenvalue weighted by atomic mass is 10.2. The van der Waals surface area contributed by atoms with E-state index in [0.29, 0.717) is 13.2 Å². The average molecular weight is 284 g/mol. The molecule has 21 heavy (non-hydrogen) atoms. The van der Waals surface area contributed by atoms with E-state index in [2.05, 4.69) is 9.88 Å². The predicted molar refractivity (Wildman–Crippen MR) is 81.0 cm³/mol. The third-order valence-corrected chi connectivity index (χ3v) is 3.83. The number of ether oxygens (including phenoxy) is 1. The van der Waals surface area contributed by atoms with Crippen LogP contribution < -0.4 is 4.74 Å². The molecule has 0 spiro atoms. The maximum Gasteiger partial charge on any atom is 0.119 e. The molecule has 110 valence electrons. The van der Waals surface area contributed by atoms with Crippen molar-refractivity contribution >= 4 is 0 Å². The van der Waals surface area contributed by atoms with E-state index < -0.39 is 0 Å². The van der Waals surface area contributed by atoms with Crippen molar-refractivity contribution in [3.05, 3.63) is 60.4 Å². The number of aliphatic hydroxyl groups excluding tert-OH is 1. The molecule has 0 aliphatic carbocycles. The van der Waals surface area contributed by atoms with Gasteiger partial charge in [-0.3, -0.25) is 9.88 Å². The molecule has 1 aliphatic rings. The fourth-order valence-corrected chi connectivity index (χ4v) is 2.76. The SMILES string of the molecule is OC1CC(COc2ccccc2)N(Cc2ccncc2)C1. The number of hydrogen-bond donors (Lipinski definition) is 1. The van der Waals surface area contributed by atoms with E-state index in [1.807, 2.05) is 42.5 Å². The van der Waals surface area contributed by atoms with Crippen molar-refractivity contribution in [2.24, 2.45) is 0 Å². The first kappa shape index (κ1) is 14.0. The van der Waals surface area contributed by atoms with Crippen LogP contribution in [0.4, 0.5) is 0 Å². The van der Waals surface area contributed by atoms with Gasteiger partial charge in [-0.15, -0.1) is 0 Å². The van der Waals surface area contributed by atoms with Crippen LogP contribution in [0.5, 0.6) is 5.75 Å². The van der Waals surface area contributed by atoms with Gasteiger partial charge in [0.15, 0.2) is 0 Å². The second-order valence-electron chi connectivity index (χ2n) is 5.45. The largest absolute Gasteiger partial charge is 0.492 e. The number of nitrogens with zero attached hydrogens (tertiary/aromatic N) is 2. The third kappa shape index (κ3) is 3.80. The van der Waals surface area contributed by atoms with Gasteiger partial charge in [0.25, 0.3) is 0 Å². The number of hydrogen-bond acceptors (Lipinski definition) is 4. The molecule has 0 saturated carbocycles. The highest BCUT2D eigenvalue weighted by Gasteiger charge is 2.31. The van der Waals surface area contributed by atoms with E-state index in [9.17, 15) is 5.11 Å². The minimum absolute atomic E-state index is 0.244. The van der Waals surface area contributed by atoms with Crippen LogP contribution in [0.25, 0.3) is 0 Å². The number of β-amino-alcohol motifs (C(OH)–C–C–N with tert-alkyl or cyclic N) is 1. The van der Waals surface area contributed by atoms with E-state index in [0.717, 1.165) is 18.7 Å². The molecule has 3 rings (SSSR count). The van der Waals surface area contributed by atoms with E-state index in [-0.39, 0.29) is 12.1 Å². The van der Waals surface area contributed by atoms with Crippen molar-refractivity contribution in [1.82, 2.24) is 9.88 Å². The van der Waals surface area contributed by atoms with Crippen LogP contribution in [-0.4, -0.2) is 40.3 Å². The summed E-state index contributed by atoms with van der Waals surface area (Å²) in [6, 6.07) is 14.1. The molecule has 4 heteroatoms. The molecule has 1 aromatic heterocycles. The second kappa shape index (κ2) is 6.70. The van der Waals surface area contributed by atoms with Crippen LogP contribution in [0.2, 0.25) is 0 Å². The summed E-state index contributed by atoms with van der Waals surface area (Å²) in [7, 11) is 0. The Kier molecular flexibility index (Phi) is 4.48. The Balaban J connectivity index is 1.60. The predicted octanol–water partition coefficient (Wildman–Crippen LogP) is 2.10. The minimum atomic E-state index is -0.267. The van der Waals surface area contributed by atoms with Gasteiger partial charge in [0.05, 0.1) is 6.10 Å². The molecule has 1 fully saturated rings. The zero-order chi connectivity index (χ0) is 14.5. The van der Waals surface area contributed by atoms with Crippen molar-refractivity contribution in [3.63, 3.8) is 0 Å². The molecule has 4 nitrogen and oxygen atoms in total. The van der Waals surface area contributed by atoms with E-state index in [1.54, 1.807) is 12.4 Å². The molecular weight excluding hydrogens is 264 g/mol. The number of pyridine rings is 1. The summed E-state index contributed by atoms with van der Waals surface area (Å²) in [4.78, 5) is 6.32. The fraction of sp³-hybridized carbons (Fsp3) is 0.353. The lowest BCUT2D eigenvalue weighted by Gasteiger charge is -2.24. The Morgan fingerprint density at radius 2 is 1.90 bits per heavy atom. The van der Waals surface area contributed by atoms with Gasteiger partial charge >= 0.3 is 0 Å². The Labute approximate surface area is 125 Å². The van der Waals surface area contributed by atoms with Gasteiger partial charge in [-0.05, 0) is 36.2 Å². The summed E-state index contributed by atoms with van der Waals surface area (Å²) in [5, 5.41) is 9.94. The van der Waals surface area contributed by atoms with Crippen molar-refractivity contribution < 1.29 is 9.84 Å². The Morgan fingerprint density at radius 1 is 1.14 bits per heavy atom. The molecule has 2 aromatic rings. The van der Waals surface area contributed by atoms with Crippen molar-refractivity contribution in [2.75, 3.05) is 13.2 Å². The van der Waals surface area contributed by atoms with Gasteiger partial charge in [0, 0.05) is 31.5 Å². The van der Waals surface area contributed by atoms with Crippen LogP contribution in [0.15, 0.2) is 54.9 Å². The molecule has 0 bridgehead atoms. The van der Waals surface area contributed by atoms with Crippen LogP contribution in [0.1, 0.15) is 12.0 Å². The summed E-state index contributed by atoms with van der Waals surface area (Å²) >= 11 is 0. The summed E-state index contributed by atoms with van der Waals surface area (Å²) < 4.78 is 5.84. The lowest BCUT2D eigenvalue weighted by Crippen LogP contribution is -2.33. The summed E-state index contributed by atoms with van der Waals surface area (Å²) in [5.74, 6) is 0.878. The van der Waals surface area contributed by atoms with E-state index in [1.165, 1.54) is 5.56 Å². The van der Waals surface area contributed by atoms with Gasteiger partial charge in [0.1, 0.15) is 12.4 Å². The Morgan fingerprint density at radius 3 is 2.67 bits per heavy atom. The molecule has 0 radical (unpaired) electrons. The fourth-order valence-electron chi connectivity index (χ4n) is 2.76. The van der Waals surface area contributed by atoms with E-state index in [4.69, 9.17) is 4.74 Å². The highest BCUT2D eigenvalue weighted by Crippen LogP contribution is 2.21. The smallest absolute Gasteiger partial charge is 0.119 e. The highest BCUT2D eigenvalue weighted by atomic mass is 16.5. The standard InChI is InChI=1S/C17H20N2O2/c20-16-10-15(13-21-17-4-2-1-3-5-17)19(12-16)11-14-6-8-18-9-7-14/h1-9,15-16,20H,10-13H2. The highest BCUT2D eigenvalue weighted by molar-refractivity contribution is 5.21. The minimum Gasteiger partial charge on any atom is -0.492 e. The molecular formula is C17H20N2O2. The monoisotopic (exact) mass is 284 g/mol. The number of aromatic nitrogens is 1. The molecule has 2 atom stereocenters. The topological polar surface area (TPSA) is 45.6 Å². The Hall–Kier alpha value is -1.91. The zero-order valence-electron chi connectivity index (χ0n) is 11.9. The molecule has 2 heterocycles. The van der Waals surface area contributed by atoms with Gasteiger partial charge in [0.2, 0.25) is 0 Å². The van der Waals surface area contributed by atoms with Crippen LogP contribution in [0, 0.1) is 0 Å². The van der Waals surface area contributed by atoms with Crippen molar-refractivity contribution in [3.8, 4) is 5.75 Å². The Bertz CT molecular complexity index is 547. The molecule has 0 amide bonds. The van der Waals surface area contributed by atoms with Gasteiger partial charge in [-0.1, -0.05) is 18.2 Å². The normalized spacial score (nSPS) is 22.3. The van der Waals surface area contributed by atoms with Crippen molar-refractivity contribution in [2.45, 2.75) is 25.1 Å². The van der Waals surface area contributed by atoms with Gasteiger partial charge < -0.3 is 9.84 Å². The van der Waals surface area contributed by atoms with E-state index >= 15 is 0 Å². The first-order valence-corrected chi connectivity index (χ1v) is 7.30. The molecule has 1 aliphatic heterocycles. The summed E-state index contributed by atoms with van der Waals surface area (Å²) in [6.45, 7) is 2.12. The summed E-state index contributed by atoms with van der Waals surface area (Å²) in [5.41, 5.74) is 1.21. The van der Waals surface area contributed by atoms with Crippen LogP contribution in [0.3, 0.4) is 0 Å². The van der Waals surface area contributed by atoms with Gasteiger partial charge in [-0.25, -0.2) is 0 Å². The lowest BCUT2D eigenvalue weighted by molar-refractivity contribution is 0.159. The molecule has 2 unspecified atom stereocenters. The molecule has 1 N–H and O–H groups in total. The average Bonchev–Trinajstić information content (AvgIpc) is 2.87. The first-order chi connectivity index (χ1) is 10.3. The first-order valence-electron chi connectivity index (χ1n) is 7.30. The maximum absolute atomic E-state index is 9.94. The number of aliphatic hydroxyl groups is 1. The zero-order valence-corrected chi connectivity index (χ0v) is 11.9. The molecule has 1 aromatic carbocycles. The quantitative estimate of drug-likeness (QED) is 0.913. The number of likely N-dealkylation sites (tertiary alicyclic amines) is 1. The van der Waals surface area contributed by atoms with Crippen LogP contribution in [-0.2, 0) is 6.54 Å².